The van der Waals surface area contributed by atoms with E-state index in [-0.39, 0.29) is 47.2 Å². The molecule has 27 heteroatoms. The summed E-state index contributed by atoms with van der Waals surface area (Å²) in [4.78, 5) is 15.2. The molecule has 27 nitrogen and oxygen atoms in total. The Labute approximate surface area is 499 Å². The van der Waals surface area contributed by atoms with Gasteiger partial charge in [0.05, 0.1) is 50.7 Å². The summed E-state index contributed by atoms with van der Waals surface area (Å²) in [5.74, 6) is -0.933. The van der Waals surface area contributed by atoms with E-state index in [1.165, 1.54) is 12.5 Å². The minimum absolute atomic E-state index is 0.0953. The Morgan fingerprint density at radius 3 is 1.80 bits per heavy atom. The van der Waals surface area contributed by atoms with Gasteiger partial charge in [-0.05, 0) is 111 Å². The molecule has 10 rings (SSSR count). The van der Waals surface area contributed by atoms with E-state index >= 15 is 4.79 Å². The van der Waals surface area contributed by atoms with E-state index in [1.807, 2.05) is 6.92 Å². The lowest BCUT2D eigenvalue weighted by atomic mass is 9.33. The Morgan fingerprint density at radius 2 is 1.14 bits per heavy atom. The quantitative estimate of drug-likeness (QED) is 0.0454. The van der Waals surface area contributed by atoms with Crippen LogP contribution in [0.2, 0.25) is 0 Å². The minimum atomic E-state index is -1.91. The van der Waals surface area contributed by atoms with E-state index in [0.29, 0.717) is 57.8 Å². The molecule has 4 saturated carbocycles. The number of ether oxygens (including phenoxy) is 10. The van der Waals surface area contributed by atoms with Gasteiger partial charge in [-0.2, -0.15) is 0 Å². The molecule has 9 fully saturated rings. The maximum absolute atomic E-state index is 15.2. The van der Waals surface area contributed by atoms with Gasteiger partial charge in [0, 0.05) is 5.41 Å². The molecule has 0 aromatic rings. The maximum atomic E-state index is 15.2. The summed E-state index contributed by atoms with van der Waals surface area (Å²) in [5, 5.41) is 172. The van der Waals surface area contributed by atoms with Crippen molar-refractivity contribution in [2.75, 3.05) is 33.0 Å². The molecule has 494 valence electrons. The van der Waals surface area contributed by atoms with Crippen molar-refractivity contribution in [3.05, 3.63) is 11.6 Å². The lowest BCUT2D eigenvalue weighted by Crippen LogP contribution is -2.67. The Hall–Kier alpha value is -1.79. The van der Waals surface area contributed by atoms with Gasteiger partial charge >= 0.3 is 5.97 Å². The highest BCUT2D eigenvalue weighted by molar-refractivity contribution is 5.79. The number of esters is 1. The number of aliphatic hydroxyl groups is 16. The van der Waals surface area contributed by atoms with E-state index in [2.05, 4.69) is 40.7 Å². The normalized spacial score (nSPS) is 54.8. The molecule has 16 N–H and O–H groups in total. The number of carbonyl (C=O) groups is 1. The molecule has 0 radical (unpaired) electrons. The van der Waals surface area contributed by atoms with Gasteiger partial charge in [-0.3, -0.25) is 4.79 Å². The van der Waals surface area contributed by atoms with Crippen molar-refractivity contribution in [3.63, 3.8) is 0 Å². The van der Waals surface area contributed by atoms with Gasteiger partial charge in [0.15, 0.2) is 25.2 Å². The number of hydrogen-bond acceptors (Lipinski definition) is 27. The standard InChI is InChI=1S/C59H96O27/c1-24-34(64)38(68)42(72)49(79-24)84-46-29(20-61)81-48(45(75)41(46)71)78-22-30-37(67)40(70)44(74)51(82-30)86-53(76)59-16-14-54(2,3)18-26(59)25-8-9-32-55(4)12-11-33(56(5,23-62)31(55)10-13-58(32,7)57(25,6)15-17-59)83-52-47(35(65)27(63)21-77-52)85-50-43(73)39(69)36(66)28(19-60)80-50/h8,24,26-52,60-75H,9-23H2,1-7H3/t24-,26+,27+,28-,29-,30-,31-,32-,33+,34-,35+,36-,37-,38+,39+,40+,41-,42+,43-,44-,45-,46-,47-,48-,49-,50+,51+,52+,55+,56-,57-,58-,59+/m0/s1. The molecule has 0 amide bonds. The molecule has 0 unspecified atom stereocenters. The summed E-state index contributed by atoms with van der Waals surface area (Å²) in [6, 6.07) is 0. The summed E-state index contributed by atoms with van der Waals surface area (Å²) >= 11 is 0. The van der Waals surface area contributed by atoms with Crippen LogP contribution in [0.3, 0.4) is 0 Å². The van der Waals surface area contributed by atoms with Crippen molar-refractivity contribution in [3.8, 4) is 0 Å². The summed E-state index contributed by atoms with van der Waals surface area (Å²) in [6.07, 6.45) is -31.2. The van der Waals surface area contributed by atoms with Crippen molar-refractivity contribution < 1.29 is 134 Å². The van der Waals surface area contributed by atoms with Crippen LogP contribution in [0, 0.1) is 50.2 Å². The second-order valence-corrected chi connectivity index (χ2v) is 28.5. The minimum Gasteiger partial charge on any atom is -0.432 e. The van der Waals surface area contributed by atoms with Crippen molar-refractivity contribution in [2.45, 2.75) is 266 Å². The van der Waals surface area contributed by atoms with E-state index < -0.39 is 196 Å². The molecular weight excluding hydrogens is 1140 g/mol. The average Bonchev–Trinajstić information content (AvgIpc) is 0.679. The zero-order valence-electron chi connectivity index (χ0n) is 50.0. The van der Waals surface area contributed by atoms with E-state index in [0.717, 1.165) is 6.42 Å². The monoisotopic (exact) mass is 1240 g/mol. The second-order valence-electron chi connectivity index (χ2n) is 28.5. The number of aliphatic hydroxyl groups excluding tert-OH is 16. The van der Waals surface area contributed by atoms with E-state index in [4.69, 9.17) is 47.4 Å². The number of allylic oxidation sites excluding steroid dienone is 2. The maximum Gasteiger partial charge on any atom is 0.315 e. The lowest BCUT2D eigenvalue weighted by molar-refractivity contribution is -0.368. The fraction of sp³-hybridized carbons (Fsp3) is 0.949. The molecule has 0 aromatic heterocycles. The van der Waals surface area contributed by atoms with Gasteiger partial charge in [-0.15, -0.1) is 0 Å². The fourth-order valence-electron chi connectivity index (χ4n) is 17.6. The van der Waals surface area contributed by atoms with Crippen molar-refractivity contribution in [2.24, 2.45) is 50.2 Å². The molecule has 5 heterocycles. The molecular formula is C59H96O27. The zero-order valence-corrected chi connectivity index (χ0v) is 50.0. The summed E-state index contributed by atoms with van der Waals surface area (Å²) < 4.78 is 59.2. The van der Waals surface area contributed by atoms with Crippen LogP contribution in [0.1, 0.15) is 113 Å². The van der Waals surface area contributed by atoms with Gasteiger partial charge in [0.25, 0.3) is 0 Å². The third-order valence-electron chi connectivity index (χ3n) is 23.2. The predicted molar refractivity (Wildman–Crippen MR) is 289 cm³/mol. The van der Waals surface area contributed by atoms with Crippen LogP contribution in [-0.4, -0.2) is 274 Å². The third kappa shape index (κ3) is 11.2. The molecule has 0 bridgehead atoms. The van der Waals surface area contributed by atoms with Crippen LogP contribution in [0.15, 0.2) is 11.6 Å². The highest BCUT2D eigenvalue weighted by Crippen LogP contribution is 2.76. The van der Waals surface area contributed by atoms with Gasteiger partial charge in [-0.1, -0.05) is 53.2 Å². The summed E-state index contributed by atoms with van der Waals surface area (Å²) in [7, 11) is 0. The Morgan fingerprint density at radius 1 is 0.558 bits per heavy atom. The van der Waals surface area contributed by atoms with Crippen molar-refractivity contribution >= 4 is 5.97 Å². The first-order valence-electron chi connectivity index (χ1n) is 30.8. The smallest absolute Gasteiger partial charge is 0.315 e. The molecule has 0 spiro atoms. The first-order valence-corrected chi connectivity index (χ1v) is 30.8. The Balaban J connectivity index is 0.833. The molecule has 0 aromatic carbocycles. The average molecular weight is 1240 g/mol. The van der Waals surface area contributed by atoms with Crippen LogP contribution in [0.4, 0.5) is 0 Å². The van der Waals surface area contributed by atoms with Gasteiger partial charge in [0.2, 0.25) is 6.29 Å². The molecule has 10 aliphatic rings. The van der Waals surface area contributed by atoms with Gasteiger partial charge in [0.1, 0.15) is 110 Å². The number of hydrogen-bond donors (Lipinski definition) is 16. The van der Waals surface area contributed by atoms with Crippen molar-refractivity contribution in [1.82, 2.24) is 0 Å². The summed E-state index contributed by atoms with van der Waals surface area (Å²) in [5.41, 5.74) is -2.06. The van der Waals surface area contributed by atoms with Crippen LogP contribution < -0.4 is 0 Å². The molecule has 5 aliphatic heterocycles. The first-order chi connectivity index (χ1) is 40.4. The molecule has 5 aliphatic carbocycles. The Kier molecular flexibility index (Phi) is 19.4. The number of fused-ring (bicyclic) bond motifs is 7. The lowest BCUT2D eigenvalue weighted by Gasteiger charge is -2.71. The SMILES string of the molecule is C[C@@H]1O[C@@H](O[C@@H]2[C@@H](O)[C@H](O)[C@@H](OC[C@@H]3O[C@H](OC(=O)[C@@]45CCC(C)(C)C[C@@H]4C4=CC[C@H]6[C@]7(C)CC[C@@H](O[C@H]8OC[C@@H](O)[C@@H](O)[C@@H]8O[C@H]8O[C@@H](CO)[C@H](O)[C@@H](O)[C@@H]8O)[C@@](C)(CO)[C@H]7CC[C@]6(C)[C@@]4(C)CC5)[C@@H](O)[C@H](O)[C@H]3O)O[C@H]2CO)[C@H](O)[C@H](O)[C@H]1O. The van der Waals surface area contributed by atoms with Gasteiger partial charge < -0.3 is 129 Å². The number of carbonyl (C=O) groups excluding carboxylic acids is 1. The first kappa shape index (κ1) is 67.1. The highest BCUT2D eigenvalue weighted by atomic mass is 16.8. The zero-order chi connectivity index (χ0) is 62.7. The number of rotatable bonds is 14. The molecule has 33 atom stereocenters. The molecule has 5 saturated heterocycles. The fourth-order valence-corrected chi connectivity index (χ4v) is 17.6. The predicted octanol–water partition coefficient (Wildman–Crippen LogP) is -3.57. The van der Waals surface area contributed by atoms with Crippen LogP contribution in [-0.2, 0) is 52.2 Å². The topological polar surface area (TPSA) is 433 Å². The van der Waals surface area contributed by atoms with Gasteiger partial charge in [-0.25, -0.2) is 0 Å². The summed E-state index contributed by atoms with van der Waals surface area (Å²) in [6.45, 7) is 12.0. The van der Waals surface area contributed by atoms with E-state index in [9.17, 15) is 81.7 Å². The largest absolute Gasteiger partial charge is 0.432 e. The highest BCUT2D eigenvalue weighted by Gasteiger charge is 2.71. The Bertz CT molecular complexity index is 2380. The van der Waals surface area contributed by atoms with Crippen LogP contribution in [0.25, 0.3) is 0 Å². The van der Waals surface area contributed by atoms with E-state index in [1.54, 1.807) is 0 Å². The van der Waals surface area contributed by atoms with Crippen LogP contribution in [0.5, 0.6) is 0 Å². The van der Waals surface area contributed by atoms with Crippen molar-refractivity contribution in [1.29, 1.82) is 0 Å². The van der Waals surface area contributed by atoms with Crippen LogP contribution >= 0.6 is 0 Å². The third-order valence-corrected chi connectivity index (χ3v) is 23.2. The molecule has 86 heavy (non-hydrogen) atoms. The second kappa shape index (κ2) is 24.9.